The summed E-state index contributed by atoms with van der Waals surface area (Å²) in [6.07, 6.45) is 2.85. The molecule has 1 aliphatic rings. The zero-order valence-electron chi connectivity index (χ0n) is 11.1. The van der Waals surface area contributed by atoms with Crippen LogP contribution in [0.1, 0.15) is 25.7 Å². The predicted octanol–water partition coefficient (Wildman–Crippen LogP) is 0.491. The van der Waals surface area contributed by atoms with Crippen LogP contribution in [0.15, 0.2) is 0 Å². The third kappa shape index (κ3) is 5.35. The molecule has 0 aliphatic heterocycles. The Labute approximate surface area is 108 Å². The second-order valence-corrected chi connectivity index (χ2v) is 5.10. The normalized spacial score (nSPS) is 23.1. The molecule has 0 aromatic carbocycles. The van der Waals surface area contributed by atoms with Gasteiger partial charge in [0.15, 0.2) is 0 Å². The van der Waals surface area contributed by atoms with Crippen LogP contribution in [0.4, 0.5) is 4.79 Å². The summed E-state index contributed by atoms with van der Waals surface area (Å²) in [5.41, 5.74) is 0. The highest BCUT2D eigenvalue weighted by atomic mass is 16.4. The van der Waals surface area contributed by atoms with Crippen molar-refractivity contribution in [3.63, 3.8) is 0 Å². The number of urea groups is 1. The summed E-state index contributed by atoms with van der Waals surface area (Å²) in [5.74, 6) is -1.06. The summed E-state index contributed by atoms with van der Waals surface area (Å²) in [6, 6.07) is -0.190. The molecule has 0 aromatic rings. The fraction of sp³-hybridized carbons (Fsp3) is 0.833. The van der Waals surface area contributed by atoms with Gasteiger partial charge in [0.05, 0.1) is 5.92 Å². The topological polar surface area (TPSA) is 81.7 Å². The van der Waals surface area contributed by atoms with Crippen molar-refractivity contribution < 1.29 is 14.7 Å². The van der Waals surface area contributed by atoms with Gasteiger partial charge >= 0.3 is 12.0 Å². The first-order valence-electron chi connectivity index (χ1n) is 6.41. The predicted molar refractivity (Wildman–Crippen MR) is 68.5 cm³/mol. The molecule has 0 bridgehead atoms. The van der Waals surface area contributed by atoms with E-state index in [0.717, 1.165) is 19.4 Å². The molecule has 6 nitrogen and oxygen atoms in total. The van der Waals surface area contributed by atoms with E-state index in [1.54, 1.807) is 0 Å². The van der Waals surface area contributed by atoms with Crippen LogP contribution in [-0.2, 0) is 4.79 Å². The molecule has 1 aliphatic carbocycles. The molecule has 3 N–H and O–H groups in total. The van der Waals surface area contributed by atoms with E-state index in [1.807, 2.05) is 14.1 Å². The molecule has 1 rings (SSSR count). The molecule has 1 fully saturated rings. The number of rotatable bonds is 6. The second kappa shape index (κ2) is 7.20. The zero-order chi connectivity index (χ0) is 13.5. The smallest absolute Gasteiger partial charge is 0.315 e. The maximum atomic E-state index is 11.5. The number of carbonyl (C=O) groups is 2. The molecule has 0 spiro atoms. The highest BCUT2D eigenvalue weighted by molar-refractivity contribution is 5.75. The minimum Gasteiger partial charge on any atom is -0.481 e. The van der Waals surface area contributed by atoms with Gasteiger partial charge in [0.1, 0.15) is 0 Å². The van der Waals surface area contributed by atoms with Gasteiger partial charge in [-0.2, -0.15) is 0 Å². The quantitative estimate of drug-likeness (QED) is 0.605. The molecule has 18 heavy (non-hydrogen) atoms. The number of aliphatic carboxylic acids is 1. The summed E-state index contributed by atoms with van der Waals surface area (Å²) in [5, 5.41) is 14.5. The average molecular weight is 257 g/mol. The van der Waals surface area contributed by atoms with Crippen molar-refractivity contribution >= 4 is 12.0 Å². The molecule has 2 amide bonds. The van der Waals surface area contributed by atoms with E-state index in [4.69, 9.17) is 5.11 Å². The molecular formula is C12H23N3O3. The minimum absolute atomic E-state index is 0.0000475. The number of carbonyl (C=O) groups excluding carboxylic acids is 1. The van der Waals surface area contributed by atoms with E-state index in [1.165, 1.54) is 0 Å². The Hall–Kier alpha value is -1.30. The van der Waals surface area contributed by atoms with E-state index < -0.39 is 5.97 Å². The van der Waals surface area contributed by atoms with Gasteiger partial charge < -0.3 is 20.6 Å². The van der Waals surface area contributed by atoms with Crippen molar-refractivity contribution in [1.29, 1.82) is 0 Å². The minimum atomic E-state index is -0.759. The van der Waals surface area contributed by atoms with Crippen LogP contribution in [-0.4, -0.2) is 55.2 Å². The van der Waals surface area contributed by atoms with Crippen LogP contribution in [0.25, 0.3) is 0 Å². The Morgan fingerprint density at radius 2 is 2.06 bits per heavy atom. The van der Waals surface area contributed by atoms with Gasteiger partial charge in [0.2, 0.25) is 0 Å². The van der Waals surface area contributed by atoms with Crippen LogP contribution >= 0.6 is 0 Å². The number of amides is 2. The fourth-order valence-electron chi connectivity index (χ4n) is 2.17. The van der Waals surface area contributed by atoms with Crippen LogP contribution in [0, 0.1) is 5.92 Å². The van der Waals surface area contributed by atoms with E-state index in [-0.39, 0.29) is 18.0 Å². The highest BCUT2D eigenvalue weighted by Crippen LogP contribution is 2.25. The SMILES string of the molecule is CN(C)CCCNC(=O)N[C@H]1CC[C@@H](C(=O)O)C1. The summed E-state index contributed by atoms with van der Waals surface area (Å²) < 4.78 is 0. The lowest BCUT2D eigenvalue weighted by atomic mass is 10.1. The summed E-state index contributed by atoms with van der Waals surface area (Å²) in [4.78, 5) is 24.4. The third-order valence-electron chi connectivity index (χ3n) is 3.18. The molecule has 6 heteroatoms. The van der Waals surface area contributed by atoms with Crippen molar-refractivity contribution in [2.45, 2.75) is 31.7 Å². The Bertz CT molecular complexity index is 294. The summed E-state index contributed by atoms with van der Waals surface area (Å²) in [7, 11) is 3.98. The van der Waals surface area contributed by atoms with Crippen LogP contribution in [0.3, 0.4) is 0 Å². The van der Waals surface area contributed by atoms with Crippen molar-refractivity contribution in [3.8, 4) is 0 Å². The first-order valence-corrected chi connectivity index (χ1v) is 6.41. The van der Waals surface area contributed by atoms with Gasteiger partial charge in [-0.25, -0.2) is 4.79 Å². The maximum Gasteiger partial charge on any atom is 0.315 e. The zero-order valence-corrected chi connectivity index (χ0v) is 11.1. The van der Waals surface area contributed by atoms with Gasteiger partial charge in [0, 0.05) is 12.6 Å². The number of carboxylic acids is 1. The van der Waals surface area contributed by atoms with E-state index in [0.29, 0.717) is 19.4 Å². The molecule has 104 valence electrons. The first kappa shape index (κ1) is 14.8. The second-order valence-electron chi connectivity index (χ2n) is 5.10. The molecule has 0 saturated heterocycles. The Morgan fingerprint density at radius 1 is 1.33 bits per heavy atom. The van der Waals surface area contributed by atoms with E-state index in [9.17, 15) is 9.59 Å². The Morgan fingerprint density at radius 3 is 2.61 bits per heavy atom. The molecule has 0 unspecified atom stereocenters. The maximum absolute atomic E-state index is 11.5. The standard InChI is InChI=1S/C12H23N3O3/c1-15(2)7-3-6-13-12(18)14-10-5-4-9(8-10)11(16)17/h9-10H,3-8H2,1-2H3,(H,16,17)(H2,13,14,18)/t9-,10+/m1/s1. The van der Waals surface area contributed by atoms with Crippen LogP contribution in [0.5, 0.6) is 0 Å². The number of carboxylic acid groups (broad SMARTS) is 1. The molecule has 0 aromatic heterocycles. The summed E-state index contributed by atoms with van der Waals surface area (Å²) in [6.45, 7) is 1.57. The van der Waals surface area contributed by atoms with Crippen molar-refractivity contribution in [2.75, 3.05) is 27.2 Å². The largest absolute Gasteiger partial charge is 0.481 e. The molecule has 0 radical (unpaired) electrons. The third-order valence-corrected chi connectivity index (χ3v) is 3.18. The number of nitrogens with one attached hydrogen (secondary N) is 2. The van der Waals surface area contributed by atoms with Crippen molar-refractivity contribution in [2.24, 2.45) is 5.92 Å². The molecular weight excluding hydrogens is 234 g/mol. The number of hydrogen-bond donors (Lipinski definition) is 3. The van der Waals surface area contributed by atoms with Gasteiger partial charge in [-0.15, -0.1) is 0 Å². The van der Waals surface area contributed by atoms with E-state index in [2.05, 4.69) is 15.5 Å². The fourth-order valence-corrected chi connectivity index (χ4v) is 2.17. The van der Waals surface area contributed by atoms with Gasteiger partial charge in [-0.3, -0.25) is 4.79 Å². The lowest BCUT2D eigenvalue weighted by Crippen LogP contribution is -2.41. The summed E-state index contributed by atoms with van der Waals surface area (Å²) >= 11 is 0. The van der Waals surface area contributed by atoms with Gasteiger partial charge in [-0.1, -0.05) is 0 Å². The number of nitrogens with zero attached hydrogens (tertiary/aromatic N) is 1. The highest BCUT2D eigenvalue weighted by Gasteiger charge is 2.30. The Kier molecular flexibility index (Phi) is 5.91. The monoisotopic (exact) mass is 257 g/mol. The number of hydrogen-bond acceptors (Lipinski definition) is 3. The van der Waals surface area contributed by atoms with Crippen LogP contribution in [0.2, 0.25) is 0 Å². The van der Waals surface area contributed by atoms with E-state index >= 15 is 0 Å². The van der Waals surface area contributed by atoms with Gasteiger partial charge in [-0.05, 0) is 46.3 Å². The Balaban J connectivity index is 2.12. The lowest BCUT2D eigenvalue weighted by molar-refractivity contribution is -0.141. The van der Waals surface area contributed by atoms with Gasteiger partial charge in [0.25, 0.3) is 0 Å². The average Bonchev–Trinajstić information content (AvgIpc) is 2.72. The first-order chi connectivity index (χ1) is 8.49. The molecule has 1 saturated carbocycles. The van der Waals surface area contributed by atoms with Crippen molar-refractivity contribution in [3.05, 3.63) is 0 Å². The lowest BCUT2D eigenvalue weighted by Gasteiger charge is -2.14. The van der Waals surface area contributed by atoms with Crippen LogP contribution < -0.4 is 10.6 Å². The van der Waals surface area contributed by atoms with Crippen molar-refractivity contribution in [1.82, 2.24) is 15.5 Å². The molecule has 2 atom stereocenters. The molecule has 0 heterocycles.